The first-order chi connectivity index (χ1) is 12.0. The Balaban J connectivity index is 1.82. The molecule has 0 aliphatic heterocycles. The molecule has 8 N–H and O–H groups in total. The van der Waals surface area contributed by atoms with E-state index in [-0.39, 0.29) is 0 Å². The van der Waals surface area contributed by atoms with Crippen LogP contribution >= 0.6 is 0 Å². The van der Waals surface area contributed by atoms with Crippen LogP contribution in [0.25, 0.3) is 22.2 Å². The number of nitrogens with one attached hydrogen (secondary N) is 2. The van der Waals surface area contributed by atoms with Crippen molar-refractivity contribution in [2.24, 2.45) is 11.6 Å². The number of rotatable bonds is 6. The Hall–Kier alpha value is -3.26. The molecule has 3 rings (SSSR count). The molecule has 0 aliphatic carbocycles. The van der Waals surface area contributed by atoms with E-state index in [0.29, 0.717) is 24.6 Å². The number of allylic oxidation sites excluding steroid dienone is 1. The van der Waals surface area contributed by atoms with Crippen molar-refractivity contribution in [3.63, 3.8) is 0 Å². The van der Waals surface area contributed by atoms with Gasteiger partial charge in [0.2, 0.25) is 0 Å². The average Bonchev–Trinajstić information content (AvgIpc) is 3.07. The van der Waals surface area contributed by atoms with Crippen LogP contribution in [0.4, 0.5) is 11.5 Å². The highest BCUT2D eigenvalue weighted by Crippen LogP contribution is 2.28. The fraction of sp³-hybridized carbons (Fsp3) is 0.176. The van der Waals surface area contributed by atoms with Crippen LogP contribution in [-0.2, 0) is 0 Å². The second-order valence-corrected chi connectivity index (χ2v) is 5.83. The van der Waals surface area contributed by atoms with Gasteiger partial charge in [-0.05, 0) is 19.1 Å². The number of hydrogen-bond donors (Lipinski definition) is 5. The van der Waals surface area contributed by atoms with E-state index in [4.69, 9.17) is 17.3 Å². The molecular formula is C17H22N8. The van der Waals surface area contributed by atoms with Crippen molar-refractivity contribution >= 4 is 22.4 Å². The Labute approximate surface area is 145 Å². The topological polar surface area (TPSA) is 135 Å². The molecule has 0 radical (unpaired) electrons. The van der Waals surface area contributed by atoms with Crippen LogP contribution in [0.3, 0.4) is 0 Å². The van der Waals surface area contributed by atoms with Crippen molar-refractivity contribution in [2.45, 2.75) is 6.92 Å². The number of aromatic amines is 1. The molecule has 0 unspecified atom stereocenters. The summed E-state index contributed by atoms with van der Waals surface area (Å²) in [5.74, 6) is 6.30. The minimum atomic E-state index is 0.457. The summed E-state index contributed by atoms with van der Waals surface area (Å²) in [5.41, 5.74) is 15.9. The average molecular weight is 338 g/mol. The Kier molecular flexibility index (Phi) is 4.71. The number of H-pyrrole nitrogens is 1. The Morgan fingerprint density at radius 1 is 1.32 bits per heavy atom. The van der Waals surface area contributed by atoms with E-state index in [0.717, 1.165) is 27.8 Å². The molecule has 0 bridgehead atoms. The number of nitrogens with two attached hydrogens (primary N) is 3. The van der Waals surface area contributed by atoms with Gasteiger partial charge in [0, 0.05) is 47.3 Å². The summed E-state index contributed by atoms with van der Waals surface area (Å²) >= 11 is 0. The molecule has 8 heteroatoms. The van der Waals surface area contributed by atoms with Crippen molar-refractivity contribution in [2.75, 3.05) is 24.1 Å². The van der Waals surface area contributed by atoms with Crippen molar-refractivity contribution in [3.05, 3.63) is 48.4 Å². The smallest absolute Gasteiger partial charge is 0.126 e. The summed E-state index contributed by atoms with van der Waals surface area (Å²) in [5, 5.41) is 12.8. The zero-order chi connectivity index (χ0) is 17.8. The fourth-order valence-electron chi connectivity index (χ4n) is 2.63. The zero-order valence-electron chi connectivity index (χ0n) is 14.0. The standard InChI is InChI=1S/C17H22N8/c1-11(18)10-25(20)7-6-21-15-9-17(19)23-16-8-12(2-3-13(15)16)14-4-5-22-24-14/h2-5,8-10H,6-7,18,20H2,1H3,(H,22,24)(H3,19,21,23)/b11-10-. The van der Waals surface area contributed by atoms with Crippen LogP contribution in [0.1, 0.15) is 6.92 Å². The Morgan fingerprint density at radius 3 is 2.88 bits per heavy atom. The van der Waals surface area contributed by atoms with Gasteiger partial charge in [0.1, 0.15) is 5.82 Å². The van der Waals surface area contributed by atoms with Crippen LogP contribution in [0.15, 0.2) is 48.4 Å². The first-order valence-electron chi connectivity index (χ1n) is 7.92. The second-order valence-electron chi connectivity index (χ2n) is 5.83. The van der Waals surface area contributed by atoms with Crippen LogP contribution < -0.4 is 22.6 Å². The van der Waals surface area contributed by atoms with E-state index in [1.54, 1.807) is 24.3 Å². The van der Waals surface area contributed by atoms with Crippen molar-refractivity contribution in [1.82, 2.24) is 20.2 Å². The molecular weight excluding hydrogens is 316 g/mol. The maximum absolute atomic E-state index is 5.96. The van der Waals surface area contributed by atoms with Gasteiger partial charge in [-0.2, -0.15) is 5.10 Å². The molecule has 3 aromatic rings. The van der Waals surface area contributed by atoms with E-state index < -0.39 is 0 Å². The highest BCUT2D eigenvalue weighted by Gasteiger charge is 2.07. The minimum absolute atomic E-state index is 0.457. The molecule has 0 amide bonds. The van der Waals surface area contributed by atoms with Gasteiger partial charge >= 0.3 is 0 Å². The monoisotopic (exact) mass is 338 g/mol. The van der Waals surface area contributed by atoms with Gasteiger partial charge in [0.25, 0.3) is 0 Å². The Morgan fingerprint density at radius 2 is 2.16 bits per heavy atom. The molecule has 0 saturated carbocycles. The predicted octanol–water partition coefficient (Wildman–Crippen LogP) is 1.61. The van der Waals surface area contributed by atoms with Gasteiger partial charge in [0.15, 0.2) is 0 Å². The maximum atomic E-state index is 5.96. The SMILES string of the molecule is C/C(N)=C/N(N)CCNc1cc(N)nc2cc(-c3ccn[nH]3)ccc12. The lowest BCUT2D eigenvalue weighted by atomic mass is 10.1. The highest BCUT2D eigenvalue weighted by atomic mass is 15.4. The molecule has 8 nitrogen and oxygen atoms in total. The largest absolute Gasteiger partial charge is 0.401 e. The van der Waals surface area contributed by atoms with E-state index in [9.17, 15) is 0 Å². The number of hydrazine groups is 1. The molecule has 2 heterocycles. The van der Waals surface area contributed by atoms with Crippen LogP contribution in [-0.4, -0.2) is 33.3 Å². The molecule has 2 aromatic heterocycles. The van der Waals surface area contributed by atoms with Crippen LogP contribution in [0, 0.1) is 0 Å². The third-order valence-corrected chi connectivity index (χ3v) is 3.70. The minimum Gasteiger partial charge on any atom is -0.401 e. The number of nitrogens with zero attached hydrogens (tertiary/aromatic N) is 3. The maximum Gasteiger partial charge on any atom is 0.126 e. The summed E-state index contributed by atoms with van der Waals surface area (Å²) in [4.78, 5) is 4.43. The second kappa shape index (κ2) is 7.10. The van der Waals surface area contributed by atoms with E-state index in [1.165, 1.54) is 0 Å². The van der Waals surface area contributed by atoms with Gasteiger partial charge < -0.3 is 21.8 Å². The molecule has 25 heavy (non-hydrogen) atoms. The number of hydrogen-bond acceptors (Lipinski definition) is 7. The normalized spacial score (nSPS) is 11.7. The molecule has 130 valence electrons. The van der Waals surface area contributed by atoms with E-state index in [1.807, 2.05) is 30.3 Å². The van der Waals surface area contributed by atoms with Gasteiger partial charge in [-0.25, -0.2) is 10.8 Å². The van der Waals surface area contributed by atoms with Crippen molar-refractivity contribution < 1.29 is 0 Å². The first kappa shape index (κ1) is 16.6. The molecule has 0 atom stereocenters. The van der Waals surface area contributed by atoms with Crippen LogP contribution in [0.5, 0.6) is 0 Å². The summed E-state index contributed by atoms with van der Waals surface area (Å²) in [6.45, 7) is 3.03. The molecule has 0 fully saturated rings. The fourth-order valence-corrected chi connectivity index (χ4v) is 2.63. The molecule has 1 aromatic carbocycles. The van der Waals surface area contributed by atoms with Crippen molar-refractivity contribution in [1.29, 1.82) is 0 Å². The number of nitrogen functional groups attached to an aromatic ring is 1. The third-order valence-electron chi connectivity index (χ3n) is 3.70. The number of anilines is 2. The Bertz CT molecular complexity index is 881. The van der Waals surface area contributed by atoms with Gasteiger partial charge in [-0.1, -0.05) is 12.1 Å². The molecule has 0 saturated heterocycles. The first-order valence-corrected chi connectivity index (χ1v) is 7.92. The molecule has 0 aliphatic rings. The van der Waals surface area contributed by atoms with Crippen molar-refractivity contribution in [3.8, 4) is 11.3 Å². The van der Waals surface area contributed by atoms with Gasteiger partial charge in [0.05, 0.1) is 17.8 Å². The number of benzene rings is 1. The van der Waals surface area contributed by atoms with Gasteiger partial charge in [-0.15, -0.1) is 0 Å². The summed E-state index contributed by atoms with van der Waals surface area (Å²) < 4.78 is 0. The van der Waals surface area contributed by atoms with Gasteiger partial charge in [-0.3, -0.25) is 5.10 Å². The van der Waals surface area contributed by atoms with E-state index >= 15 is 0 Å². The quantitative estimate of drug-likeness (QED) is 0.340. The third kappa shape index (κ3) is 3.99. The summed E-state index contributed by atoms with van der Waals surface area (Å²) in [6.07, 6.45) is 3.41. The highest BCUT2D eigenvalue weighted by molar-refractivity contribution is 5.95. The number of fused-ring (bicyclic) bond motifs is 1. The number of pyridine rings is 1. The van der Waals surface area contributed by atoms with E-state index in [2.05, 4.69) is 20.5 Å². The summed E-state index contributed by atoms with van der Waals surface area (Å²) in [7, 11) is 0. The lowest BCUT2D eigenvalue weighted by Gasteiger charge is -2.16. The lowest BCUT2D eigenvalue weighted by molar-refractivity contribution is 0.405. The predicted molar refractivity (Wildman–Crippen MR) is 101 cm³/mol. The molecule has 0 spiro atoms. The summed E-state index contributed by atoms with van der Waals surface area (Å²) in [6, 6.07) is 9.76. The number of aromatic nitrogens is 3. The lowest BCUT2D eigenvalue weighted by Crippen LogP contribution is -2.31. The zero-order valence-corrected chi connectivity index (χ0v) is 14.0. The van der Waals surface area contributed by atoms with Crippen LogP contribution in [0.2, 0.25) is 0 Å².